The lowest BCUT2D eigenvalue weighted by molar-refractivity contribution is -0.121. The lowest BCUT2D eigenvalue weighted by atomic mass is 9.78. The summed E-state index contributed by atoms with van der Waals surface area (Å²) in [5, 5.41) is 11.7. The molecular weight excluding hydrogens is 396 g/mol. The number of nitrogens with zero attached hydrogens (tertiary/aromatic N) is 3. The molecule has 1 heterocycles. The average Bonchev–Trinajstić information content (AvgIpc) is 3.21. The maximum absolute atomic E-state index is 12.7. The van der Waals surface area contributed by atoms with Crippen molar-refractivity contribution < 1.29 is 9.21 Å². The molecule has 0 radical (unpaired) electrons. The fraction of sp³-hybridized carbons (Fsp3) is 0.609. The molecule has 1 amide bonds. The van der Waals surface area contributed by atoms with Crippen LogP contribution in [0.3, 0.4) is 0 Å². The molecule has 0 spiro atoms. The van der Waals surface area contributed by atoms with E-state index in [0.717, 1.165) is 25.1 Å². The van der Waals surface area contributed by atoms with Gasteiger partial charge in [-0.25, -0.2) is 0 Å². The van der Waals surface area contributed by atoms with Crippen LogP contribution in [0.4, 0.5) is 5.69 Å². The van der Waals surface area contributed by atoms with Crippen molar-refractivity contribution >= 4 is 23.4 Å². The molecule has 0 aliphatic heterocycles. The Hall–Kier alpha value is -2.02. The summed E-state index contributed by atoms with van der Waals surface area (Å²) in [6.45, 7) is 12.6. The van der Waals surface area contributed by atoms with Crippen molar-refractivity contribution in [1.29, 1.82) is 0 Å². The zero-order chi connectivity index (χ0) is 21.7. The number of hydrogen-bond acceptors (Lipinski definition) is 6. The third-order valence-corrected chi connectivity index (χ3v) is 7.26. The number of carbonyl (C=O) groups is 1. The summed E-state index contributed by atoms with van der Waals surface area (Å²) < 4.78 is 5.82. The Morgan fingerprint density at radius 2 is 1.90 bits per heavy atom. The summed E-state index contributed by atoms with van der Waals surface area (Å²) in [6, 6.07) is 8.39. The minimum Gasteiger partial charge on any atom is -0.411 e. The first-order valence-corrected chi connectivity index (χ1v) is 12.0. The summed E-state index contributed by atoms with van der Waals surface area (Å²) in [5.41, 5.74) is 2.06. The number of thioether (sulfide) groups is 1. The summed E-state index contributed by atoms with van der Waals surface area (Å²) in [6.07, 6.45) is 3.49. The van der Waals surface area contributed by atoms with Crippen LogP contribution in [0, 0.1) is 11.8 Å². The van der Waals surface area contributed by atoms with E-state index in [4.69, 9.17) is 4.42 Å². The van der Waals surface area contributed by atoms with Crippen molar-refractivity contribution in [3.05, 3.63) is 24.3 Å². The van der Waals surface area contributed by atoms with E-state index in [1.807, 2.05) is 19.1 Å². The van der Waals surface area contributed by atoms with Crippen LogP contribution in [0.1, 0.15) is 53.9 Å². The van der Waals surface area contributed by atoms with E-state index in [9.17, 15) is 4.79 Å². The standard InChI is InChI=1S/C23H34N4O2S/c1-6-27(7-2)19-13-11-18(12-14-19)22-25-26-23(29-22)30-17(5)21(28)24-20-10-8-9-15(3)16(20)4/h11-17,20H,6-10H2,1-5H3,(H,24,28)/t15-,16-,17+,20+/m0/s1. The molecule has 6 nitrogen and oxygen atoms in total. The number of benzene rings is 1. The van der Waals surface area contributed by atoms with Crippen LogP contribution in [0.2, 0.25) is 0 Å². The van der Waals surface area contributed by atoms with Gasteiger partial charge < -0.3 is 14.6 Å². The van der Waals surface area contributed by atoms with E-state index >= 15 is 0 Å². The Bertz CT molecular complexity index is 819. The average molecular weight is 431 g/mol. The lowest BCUT2D eigenvalue weighted by Gasteiger charge is -2.35. The van der Waals surface area contributed by atoms with Gasteiger partial charge in [0.2, 0.25) is 11.8 Å². The molecule has 4 atom stereocenters. The van der Waals surface area contributed by atoms with Gasteiger partial charge in [-0.05, 0) is 63.3 Å². The first-order valence-electron chi connectivity index (χ1n) is 11.1. The molecule has 1 aliphatic rings. The highest BCUT2D eigenvalue weighted by atomic mass is 32.2. The summed E-state index contributed by atoms with van der Waals surface area (Å²) in [4.78, 5) is 15.0. The van der Waals surface area contributed by atoms with Gasteiger partial charge in [0.25, 0.3) is 5.22 Å². The van der Waals surface area contributed by atoms with Gasteiger partial charge in [0.05, 0.1) is 5.25 Å². The minimum absolute atomic E-state index is 0.0364. The van der Waals surface area contributed by atoms with E-state index < -0.39 is 0 Å². The molecule has 7 heteroatoms. The van der Waals surface area contributed by atoms with Crippen LogP contribution < -0.4 is 10.2 Å². The molecule has 1 aromatic heterocycles. The van der Waals surface area contributed by atoms with E-state index in [0.29, 0.717) is 22.9 Å². The van der Waals surface area contributed by atoms with Crippen molar-refractivity contribution in [2.75, 3.05) is 18.0 Å². The summed E-state index contributed by atoms with van der Waals surface area (Å²) >= 11 is 1.31. The number of anilines is 1. The predicted molar refractivity (Wildman–Crippen MR) is 123 cm³/mol. The van der Waals surface area contributed by atoms with Crippen LogP contribution in [0.25, 0.3) is 11.5 Å². The van der Waals surface area contributed by atoms with Crippen molar-refractivity contribution in [1.82, 2.24) is 15.5 Å². The number of amides is 1. The van der Waals surface area contributed by atoms with Gasteiger partial charge in [-0.15, -0.1) is 10.2 Å². The summed E-state index contributed by atoms with van der Waals surface area (Å²) in [7, 11) is 0. The molecule has 30 heavy (non-hydrogen) atoms. The van der Waals surface area contributed by atoms with Crippen LogP contribution in [-0.4, -0.2) is 40.5 Å². The largest absolute Gasteiger partial charge is 0.411 e. The van der Waals surface area contributed by atoms with E-state index in [-0.39, 0.29) is 17.2 Å². The fourth-order valence-electron chi connectivity index (χ4n) is 4.07. The normalized spacial score (nSPS) is 22.5. The first kappa shape index (κ1) is 22.7. The maximum atomic E-state index is 12.7. The molecular formula is C23H34N4O2S. The Morgan fingerprint density at radius 1 is 1.20 bits per heavy atom. The molecule has 0 unspecified atom stereocenters. The van der Waals surface area contributed by atoms with Crippen LogP contribution >= 0.6 is 11.8 Å². The molecule has 1 aromatic carbocycles. The van der Waals surface area contributed by atoms with Gasteiger partial charge in [0, 0.05) is 30.4 Å². The van der Waals surface area contributed by atoms with Crippen molar-refractivity contribution in [3.8, 4) is 11.5 Å². The highest BCUT2D eigenvalue weighted by Crippen LogP contribution is 2.31. The Morgan fingerprint density at radius 3 is 2.57 bits per heavy atom. The zero-order valence-electron chi connectivity index (χ0n) is 18.7. The van der Waals surface area contributed by atoms with Crippen LogP contribution in [0.5, 0.6) is 0 Å². The van der Waals surface area contributed by atoms with E-state index in [1.165, 1.54) is 30.3 Å². The zero-order valence-corrected chi connectivity index (χ0v) is 19.5. The van der Waals surface area contributed by atoms with Gasteiger partial charge in [0.15, 0.2) is 0 Å². The number of aromatic nitrogens is 2. The number of rotatable bonds is 8. The highest BCUT2D eigenvalue weighted by molar-refractivity contribution is 8.00. The number of nitrogens with one attached hydrogen (secondary N) is 1. The molecule has 2 aromatic rings. The van der Waals surface area contributed by atoms with E-state index in [1.54, 1.807) is 0 Å². The third kappa shape index (κ3) is 5.36. The maximum Gasteiger partial charge on any atom is 0.277 e. The van der Waals surface area contributed by atoms with Gasteiger partial charge in [-0.2, -0.15) is 0 Å². The topological polar surface area (TPSA) is 71.3 Å². The summed E-state index contributed by atoms with van der Waals surface area (Å²) in [5.74, 6) is 1.67. The van der Waals surface area contributed by atoms with Gasteiger partial charge in [-0.1, -0.05) is 38.5 Å². The molecule has 1 aliphatic carbocycles. The number of hydrogen-bond donors (Lipinski definition) is 1. The molecule has 0 bridgehead atoms. The molecule has 164 valence electrons. The monoisotopic (exact) mass is 430 g/mol. The predicted octanol–water partition coefficient (Wildman–Crippen LogP) is 5.00. The molecule has 3 rings (SSSR count). The second kappa shape index (κ2) is 10.3. The second-order valence-electron chi connectivity index (χ2n) is 8.23. The molecule has 1 saturated carbocycles. The first-order chi connectivity index (χ1) is 14.4. The van der Waals surface area contributed by atoms with Gasteiger partial charge in [0.1, 0.15) is 0 Å². The van der Waals surface area contributed by atoms with Crippen LogP contribution in [0.15, 0.2) is 33.9 Å². The molecule has 1 N–H and O–H groups in total. The van der Waals surface area contributed by atoms with Crippen molar-refractivity contribution in [2.24, 2.45) is 11.8 Å². The van der Waals surface area contributed by atoms with Gasteiger partial charge in [-0.3, -0.25) is 4.79 Å². The highest BCUT2D eigenvalue weighted by Gasteiger charge is 2.30. The smallest absolute Gasteiger partial charge is 0.277 e. The quantitative estimate of drug-likeness (QED) is 0.594. The lowest BCUT2D eigenvalue weighted by Crippen LogP contribution is -2.46. The van der Waals surface area contributed by atoms with Crippen molar-refractivity contribution in [2.45, 2.75) is 70.4 Å². The molecule has 0 saturated heterocycles. The van der Waals surface area contributed by atoms with E-state index in [2.05, 4.69) is 60.2 Å². The Balaban J connectivity index is 1.58. The Labute approximate surface area is 184 Å². The SMILES string of the molecule is CCN(CC)c1ccc(-c2nnc(S[C@H](C)C(=O)N[C@@H]3CCC[C@H](C)[C@@H]3C)o2)cc1. The minimum atomic E-state index is -0.284. The Kier molecular flexibility index (Phi) is 7.81. The number of carbonyl (C=O) groups excluding carboxylic acids is 1. The second-order valence-corrected chi connectivity index (χ2v) is 9.53. The van der Waals surface area contributed by atoms with Gasteiger partial charge >= 0.3 is 0 Å². The van der Waals surface area contributed by atoms with Crippen molar-refractivity contribution in [3.63, 3.8) is 0 Å². The third-order valence-electron chi connectivity index (χ3n) is 6.33. The van der Waals surface area contributed by atoms with Crippen LogP contribution in [-0.2, 0) is 4.79 Å². The molecule has 1 fully saturated rings. The fourth-order valence-corrected chi connectivity index (χ4v) is 4.76.